The molecule has 0 heterocycles. The molecule has 3 N–H and O–H groups in total. The molecule has 0 unspecified atom stereocenters. The number of thiocarbonyl (C=S) groups is 1. The van der Waals surface area contributed by atoms with E-state index in [1.165, 1.54) is 36.4 Å². The van der Waals surface area contributed by atoms with Gasteiger partial charge in [-0.2, -0.15) is 0 Å². The number of hydrogen-bond acceptors (Lipinski definition) is 2. The molecule has 3 nitrogen and oxygen atoms in total. The van der Waals surface area contributed by atoms with E-state index >= 15 is 0 Å². The molecule has 0 spiro atoms. The zero-order valence-electron chi connectivity index (χ0n) is 10.9. The summed E-state index contributed by atoms with van der Waals surface area (Å²) in [5.74, 6) is -1.44. The number of anilines is 1. The van der Waals surface area contributed by atoms with E-state index in [1.807, 2.05) is 0 Å². The maximum atomic E-state index is 13.7. The quantitative estimate of drug-likeness (QED) is 0.854. The summed E-state index contributed by atoms with van der Waals surface area (Å²) in [7, 11) is 0. The Morgan fingerprint density at radius 1 is 1.19 bits per heavy atom. The highest BCUT2D eigenvalue weighted by molar-refractivity contribution is 7.80. The van der Waals surface area contributed by atoms with Gasteiger partial charge < -0.3 is 11.1 Å². The smallest absolute Gasteiger partial charge is 0.228 e. The minimum atomic E-state index is -0.606. The van der Waals surface area contributed by atoms with Gasteiger partial charge in [0.2, 0.25) is 5.91 Å². The van der Waals surface area contributed by atoms with E-state index in [9.17, 15) is 13.6 Å². The molecule has 2 rings (SSSR count). The highest BCUT2D eigenvalue weighted by Crippen LogP contribution is 2.19. The molecule has 21 heavy (non-hydrogen) atoms. The number of benzene rings is 2. The number of carbonyl (C=O) groups excluding carboxylic acids is 1. The van der Waals surface area contributed by atoms with Gasteiger partial charge in [0, 0.05) is 0 Å². The highest BCUT2D eigenvalue weighted by atomic mass is 32.1. The molecule has 6 heteroatoms. The van der Waals surface area contributed by atoms with E-state index in [1.54, 1.807) is 6.07 Å². The third-order valence-corrected chi connectivity index (χ3v) is 2.99. The Hall–Kier alpha value is -2.34. The van der Waals surface area contributed by atoms with Crippen molar-refractivity contribution >= 4 is 28.8 Å². The summed E-state index contributed by atoms with van der Waals surface area (Å²) >= 11 is 4.77. The van der Waals surface area contributed by atoms with Gasteiger partial charge in [0.1, 0.15) is 16.6 Å². The Morgan fingerprint density at radius 3 is 2.57 bits per heavy atom. The van der Waals surface area contributed by atoms with Gasteiger partial charge in [-0.1, -0.05) is 30.4 Å². The van der Waals surface area contributed by atoms with Crippen molar-refractivity contribution < 1.29 is 13.6 Å². The third-order valence-electron chi connectivity index (χ3n) is 2.79. The first-order chi connectivity index (χ1) is 9.97. The summed E-state index contributed by atoms with van der Waals surface area (Å²) in [5.41, 5.74) is 6.15. The minimum Gasteiger partial charge on any atom is -0.389 e. The Balaban J connectivity index is 2.17. The van der Waals surface area contributed by atoms with Crippen molar-refractivity contribution in [3.8, 4) is 0 Å². The molecule has 0 aliphatic heterocycles. The largest absolute Gasteiger partial charge is 0.389 e. The molecule has 2 aromatic carbocycles. The van der Waals surface area contributed by atoms with Crippen LogP contribution >= 0.6 is 12.2 Å². The van der Waals surface area contributed by atoms with Crippen LogP contribution in [0.5, 0.6) is 0 Å². The average Bonchev–Trinajstić information content (AvgIpc) is 2.37. The Kier molecular flexibility index (Phi) is 4.59. The molecule has 0 atom stereocenters. The fourth-order valence-corrected chi connectivity index (χ4v) is 2.11. The fourth-order valence-electron chi connectivity index (χ4n) is 1.91. The van der Waals surface area contributed by atoms with Crippen molar-refractivity contribution in [1.29, 1.82) is 0 Å². The van der Waals surface area contributed by atoms with Crippen LogP contribution < -0.4 is 11.1 Å². The molecule has 1 amide bonds. The summed E-state index contributed by atoms with van der Waals surface area (Å²) in [6, 6.07) is 9.84. The average molecular weight is 306 g/mol. The molecule has 0 fully saturated rings. The lowest BCUT2D eigenvalue weighted by Crippen LogP contribution is -2.20. The van der Waals surface area contributed by atoms with Gasteiger partial charge >= 0.3 is 0 Å². The van der Waals surface area contributed by atoms with Crippen LogP contribution in [-0.2, 0) is 11.2 Å². The third kappa shape index (κ3) is 3.82. The molecule has 108 valence electrons. The number of nitrogens with two attached hydrogens (primary N) is 1. The van der Waals surface area contributed by atoms with Crippen LogP contribution in [0.4, 0.5) is 14.5 Å². The fraction of sp³-hybridized carbons (Fsp3) is 0.0667. The van der Waals surface area contributed by atoms with Crippen molar-refractivity contribution in [2.75, 3.05) is 5.32 Å². The standard InChI is InChI=1S/C15H12F2N2OS/c16-10-4-1-3-9(7-10)8-13(20)19-12-6-2-5-11(17)14(12)15(18)21/h1-7H,8H2,(H2,18,21)(H,19,20). The maximum Gasteiger partial charge on any atom is 0.228 e. The van der Waals surface area contributed by atoms with Gasteiger partial charge in [-0.3, -0.25) is 4.79 Å². The summed E-state index contributed by atoms with van der Waals surface area (Å²) < 4.78 is 26.7. The van der Waals surface area contributed by atoms with Gasteiger partial charge in [0.15, 0.2) is 0 Å². The molecule has 0 aliphatic rings. The van der Waals surface area contributed by atoms with E-state index in [0.29, 0.717) is 5.56 Å². The Labute approximate surface area is 125 Å². The molecule has 2 aromatic rings. The minimum absolute atomic E-state index is 0.0138. The summed E-state index contributed by atoms with van der Waals surface area (Å²) in [6.45, 7) is 0. The van der Waals surface area contributed by atoms with Crippen molar-refractivity contribution in [2.45, 2.75) is 6.42 Å². The first-order valence-electron chi connectivity index (χ1n) is 6.10. The van der Waals surface area contributed by atoms with Crippen molar-refractivity contribution in [1.82, 2.24) is 0 Å². The molecular formula is C15H12F2N2OS. The summed E-state index contributed by atoms with van der Waals surface area (Å²) in [5, 5.41) is 2.53. The lowest BCUT2D eigenvalue weighted by molar-refractivity contribution is -0.115. The van der Waals surface area contributed by atoms with E-state index in [0.717, 1.165) is 0 Å². The molecule has 0 aliphatic carbocycles. The van der Waals surface area contributed by atoms with Gasteiger partial charge in [0.05, 0.1) is 17.7 Å². The predicted octanol–water partition coefficient (Wildman–Crippen LogP) is 2.78. The first kappa shape index (κ1) is 15.1. The van der Waals surface area contributed by atoms with Crippen molar-refractivity contribution in [3.05, 3.63) is 65.2 Å². The zero-order valence-corrected chi connectivity index (χ0v) is 11.7. The number of amides is 1. The highest BCUT2D eigenvalue weighted by Gasteiger charge is 2.13. The van der Waals surface area contributed by atoms with Crippen molar-refractivity contribution in [3.63, 3.8) is 0 Å². The second-order valence-corrected chi connectivity index (χ2v) is 4.82. The van der Waals surface area contributed by atoms with Crippen LogP contribution in [0.15, 0.2) is 42.5 Å². The van der Waals surface area contributed by atoms with Crippen LogP contribution in [0.1, 0.15) is 11.1 Å². The van der Waals surface area contributed by atoms with E-state index in [2.05, 4.69) is 5.32 Å². The molecule has 0 bridgehead atoms. The topological polar surface area (TPSA) is 55.1 Å². The molecule has 0 radical (unpaired) electrons. The second-order valence-electron chi connectivity index (χ2n) is 4.38. The van der Waals surface area contributed by atoms with Crippen LogP contribution in [0.2, 0.25) is 0 Å². The predicted molar refractivity (Wildman–Crippen MR) is 81.0 cm³/mol. The Morgan fingerprint density at radius 2 is 1.90 bits per heavy atom. The normalized spacial score (nSPS) is 10.2. The van der Waals surface area contributed by atoms with Crippen LogP contribution in [-0.4, -0.2) is 10.9 Å². The number of nitrogens with one attached hydrogen (secondary N) is 1. The van der Waals surface area contributed by atoms with E-state index in [4.69, 9.17) is 18.0 Å². The molecule has 0 saturated carbocycles. The Bertz CT molecular complexity index is 704. The number of halogens is 2. The lowest BCUT2D eigenvalue weighted by atomic mass is 10.1. The van der Waals surface area contributed by atoms with Gasteiger partial charge in [0.25, 0.3) is 0 Å². The van der Waals surface area contributed by atoms with Crippen LogP contribution in [0, 0.1) is 11.6 Å². The lowest BCUT2D eigenvalue weighted by Gasteiger charge is -2.11. The maximum absolute atomic E-state index is 13.7. The molecule has 0 aromatic heterocycles. The molecule has 0 saturated heterocycles. The number of hydrogen-bond donors (Lipinski definition) is 2. The van der Waals surface area contributed by atoms with Gasteiger partial charge in [-0.05, 0) is 29.8 Å². The summed E-state index contributed by atoms with van der Waals surface area (Å²) in [4.78, 5) is 11.8. The van der Waals surface area contributed by atoms with Gasteiger partial charge in [-0.15, -0.1) is 0 Å². The van der Waals surface area contributed by atoms with Crippen LogP contribution in [0.25, 0.3) is 0 Å². The monoisotopic (exact) mass is 306 g/mol. The zero-order chi connectivity index (χ0) is 15.4. The van der Waals surface area contributed by atoms with Crippen molar-refractivity contribution in [2.24, 2.45) is 5.73 Å². The summed E-state index contributed by atoms with van der Waals surface area (Å²) in [6.07, 6.45) is -0.0367. The number of rotatable bonds is 4. The van der Waals surface area contributed by atoms with Gasteiger partial charge in [-0.25, -0.2) is 8.78 Å². The first-order valence-corrected chi connectivity index (χ1v) is 6.51. The van der Waals surface area contributed by atoms with E-state index < -0.39 is 17.5 Å². The van der Waals surface area contributed by atoms with Crippen LogP contribution in [0.3, 0.4) is 0 Å². The SMILES string of the molecule is NC(=S)c1c(F)cccc1NC(=O)Cc1cccc(F)c1. The molecular weight excluding hydrogens is 294 g/mol. The second kappa shape index (κ2) is 6.41. The van der Waals surface area contributed by atoms with E-state index in [-0.39, 0.29) is 22.7 Å². The number of carbonyl (C=O) groups is 1.